The third-order valence-electron chi connectivity index (χ3n) is 3.78. The van der Waals surface area contributed by atoms with Gasteiger partial charge in [-0.2, -0.15) is 0 Å². The van der Waals surface area contributed by atoms with Crippen LogP contribution in [0.15, 0.2) is 54.6 Å². The minimum Gasteiger partial charge on any atom is -0.326 e. The average molecular weight is 325 g/mol. The molecule has 3 rings (SSSR count). The number of benzene rings is 2. The van der Waals surface area contributed by atoms with E-state index in [-0.39, 0.29) is 24.8 Å². The first-order valence-corrected chi connectivity index (χ1v) is 6.93. The molecule has 0 radical (unpaired) electrons. The van der Waals surface area contributed by atoms with Crippen LogP contribution in [0, 0.1) is 0 Å². The van der Waals surface area contributed by atoms with Crippen molar-refractivity contribution in [2.45, 2.75) is 19.0 Å². The first-order valence-electron chi connectivity index (χ1n) is 6.93. The van der Waals surface area contributed by atoms with E-state index in [0.29, 0.717) is 6.04 Å². The van der Waals surface area contributed by atoms with E-state index < -0.39 is 0 Å². The first kappa shape index (κ1) is 18.0. The number of nitrogens with zero attached hydrogens (tertiary/aromatic N) is 1. The maximum atomic E-state index is 5.94. The van der Waals surface area contributed by atoms with Gasteiger partial charge < -0.3 is 5.73 Å². The Morgan fingerprint density at radius 1 is 0.905 bits per heavy atom. The Morgan fingerprint density at radius 3 is 2.10 bits per heavy atom. The van der Waals surface area contributed by atoms with Crippen LogP contribution in [0.2, 0.25) is 0 Å². The molecular formula is C17H22Cl2N2. The van der Waals surface area contributed by atoms with Gasteiger partial charge in [-0.1, -0.05) is 54.6 Å². The molecule has 0 aromatic heterocycles. The van der Waals surface area contributed by atoms with Gasteiger partial charge in [-0.3, -0.25) is 4.90 Å². The van der Waals surface area contributed by atoms with E-state index in [1.54, 1.807) is 0 Å². The lowest BCUT2D eigenvalue weighted by molar-refractivity contribution is 0.327. The first-order chi connectivity index (χ1) is 9.31. The van der Waals surface area contributed by atoms with E-state index in [9.17, 15) is 0 Å². The van der Waals surface area contributed by atoms with Crippen LogP contribution in [0.3, 0.4) is 0 Å². The quantitative estimate of drug-likeness (QED) is 0.932. The van der Waals surface area contributed by atoms with Crippen molar-refractivity contribution >= 4 is 24.8 Å². The highest BCUT2D eigenvalue weighted by atomic mass is 35.5. The van der Waals surface area contributed by atoms with Crippen LogP contribution in [-0.4, -0.2) is 24.0 Å². The molecule has 0 aliphatic carbocycles. The van der Waals surface area contributed by atoms with Gasteiger partial charge in [-0.25, -0.2) is 0 Å². The largest absolute Gasteiger partial charge is 0.326 e. The minimum atomic E-state index is 0. The average Bonchev–Trinajstić information content (AvgIpc) is 2.86. The molecule has 0 bridgehead atoms. The maximum absolute atomic E-state index is 5.94. The number of halogens is 2. The molecule has 2 nitrogen and oxygen atoms in total. The van der Waals surface area contributed by atoms with E-state index in [1.165, 1.54) is 16.7 Å². The van der Waals surface area contributed by atoms with Crippen LogP contribution in [0.1, 0.15) is 12.0 Å². The van der Waals surface area contributed by atoms with E-state index in [4.69, 9.17) is 5.73 Å². The molecule has 2 aromatic carbocycles. The highest BCUT2D eigenvalue weighted by molar-refractivity contribution is 5.85. The van der Waals surface area contributed by atoms with Crippen LogP contribution in [0.25, 0.3) is 11.1 Å². The maximum Gasteiger partial charge on any atom is 0.0234 e. The Hall–Kier alpha value is -1.06. The lowest BCUT2D eigenvalue weighted by Gasteiger charge is -2.15. The standard InChI is InChI=1S/C17H20N2.2ClH/c18-17-10-11-19(13-17)12-14-6-8-16(9-7-14)15-4-2-1-3-5-15;;/h1-9,17H,10-13,18H2;2*1H. The van der Waals surface area contributed by atoms with Gasteiger partial charge >= 0.3 is 0 Å². The van der Waals surface area contributed by atoms with Gasteiger partial charge in [0.1, 0.15) is 0 Å². The third-order valence-corrected chi connectivity index (χ3v) is 3.78. The highest BCUT2D eigenvalue weighted by Gasteiger charge is 2.18. The van der Waals surface area contributed by atoms with Crippen molar-refractivity contribution in [3.8, 4) is 11.1 Å². The minimum absolute atomic E-state index is 0. The van der Waals surface area contributed by atoms with Crippen molar-refractivity contribution in [2.24, 2.45) is 5.73 Å². The Kier molecular flexibility index (Phi) is 7.20. The van der Waals surface area contributed by atoms with E-state index in [2.05, 4.69) is 59.5 Å². The summed E-state index contributed by atoms with van der Waals surface area (Å²) in [7, 11) is 0. The smallest absolute Gasteiger partial charge is 0.0234 e. The lowest BCUT2D eigenvalue weighted by Crippen LogP contribution is -2.26. The number of nitrogens with two attached hydrogens (primary N) is 1. The molecule has 21 heavy (non-hydrogen) atoms. The fraction of sp³-hybridized carbons (Fsp3) is 0.294. The van der Waals surface area contributed by atoms with Gasteiger partial charge in [0.2, 0.25) is 0 Å². The summed E-state index contributed by atoms with van der Waals surface area (Å²) in [6, 6.07) is 19.7. The normalized spacial score (nSPS) is 17.9. The van der Waals surface area contributed by atoms with Gasteiger partial charge in [0.05, 0.1) is 0 Å². The summed E-state index contributed by atoms with van der Waals surface area (Å²) < 4.78 is 0. The molecule has 4 heteroatoms. The zero-order chi connectivity index (χ0) is 13.1. The van der Waals surface area contributed by atoms with E-state index >= 15 is 0 Å². The van der Waals surface area contributed by atoms with E-state index in [0.717, 1.165) is 26.1 Å². The van der Waals surface area contributed by atoms with Gasteiger partial charge in [-0.05, 0) is 23.1 Å². The Labute approximate surface area is 139 Å². The summed E-state index contributed by atoms with van der Waals surface area (Å²) in [5, 5.41) is 0. The van der Waals surface area contributed by atoms with Crippen molar-refractivity contribution in [1.82, 2.24) is 4.90 Å². The van der Waals surface area contributed by atoms with E-state index in [1.807, 2.05) is 0 Å². The van der Waals surface area contributed by atoms with Crippen molar-refractivity contribution in [2.75, 3.05) is 13.1 Å². The van der Waals surface area contributed by atoms with Crippen LogP contribution in [0.5, 0.6) is 0 Å². The number of rotatable bonds is 3. The summed E-state index contributed by atoms with van der Waals surface area (Å²) >= 11 is 0. The molecule has 0 saturated carbocycles. The molecule has 1 aliphatic heterocycles. The zero-order valence-corrected chi connectivity index (χ0v) is 13.6. The van der Waals surface area contributed by atoms with Gasteiger partial charge in [-0.15, -0.1) is 24.8 Å². The van der Waals surface area contributed by atoms with Crippen LogP contribution in [0.4, 0.5) is 0 Å². The SMILES string of the molecule is Cl.Cl.NC1CCN(Cc2ccc(-c3ccccc3)cc2)C1. The summed E-state index contributed by atoms with van der Waals surface area (Å²) in [6.07, 6.45) is 1.13. The number of hydrogen-bond donors (Lipinski definition) is 1. The molecule has 2 aromatic rings. The van der Waals surface area contributed by atoms with Crippen LogP contribution < -0.4 is 5.73 Å². The van der Waals surface area contributed by atoms with Gasteiger partial charge in [0.15, 0.2) is 0 Å². The van der Waals surface area contributed by atoms with Crippen molar-refractivity contribution in [3.63, 3.8) is 0 Å². The molecular weight excluding hydrogens is 303 g/mol. The fourth-order valence-corrected chi connectivity index (χ4v) is 2.70. The Bertz CT molecular complexity index is 528. The second-order valence-electron chi connectivity index (χ2n) is 5.35. The molecule has 2 N–H and O–H groups in total. The predicted molar refractivity (Wildman–Crippen MR) is 94.2 cm³/mol. The summed E-state index contributed by atoms with van der Waals surface area (Å²) in [5.74, 6) is 0. The molecule has 1 saturated heterocycles. The second-order valence-corrected chi connectivity index (χ2v) is 5.35. The third kappa shape index (κ3) is 4.72. The van der Waals surface area contributed by atoms with Gasteiger partial charge in [0.25, 0.3) is 0 Å². The van der Waals surface area contributed by atoms with Crippen molar-refractivity contribution in [1.29, 1.82) is 0 Å². The fourth-order valence-electron chi connectivity index (χ4n) is 2.70. The zero-order valence-electron chi connectivity index (χ0n) is 11.9. The molecule has 1 atom stereocenters. The van der Waals surface area contributed by atoms with Crippen molar-refractivity contribution < 1.29 is 0 Å². The highest BCUT2D eigenvalue weighted by Crippen LogP contribution is 2.20. The molecule has 0 amide bonds. The molecule has 1 aliphatic rings. The molecule has 114 valence electrons. The summed E-state index contributed by atoms with van der Waals surface area (Å²) in [5.41, 5.74) is 9.86. The number of likely N-dealkylation sites (tertiary alicyclic amines) is 1. The Morgan fingerprint density at radius 2 is 1.52 bits per heavy atom. The summed E-state index contributed by atoms with van der Waals surface area (Å²) in [4.78, 5) is 2.43. The lowest BCUT2D eigenvalue weighted by atomic mass is 10.0. The molecule has 1 unspecified atom stereocenters. The molecule has 1 fully saturated rings. The van der Waals surface area contributed by atoms with Crippen LogP contribution in [-0.2, 0) is 6.54 Å². The molecule has 1 heterocycles. The topological polar surface area (TPSA) is 29.3 Å². The second kappa shape index (κ2) is 8.40. The molecule has 0 spiro atoms. The monoisotopic (exact) mass is 324 g/mol. The van der Waals surface area contributed by atoms with Crippen LogP contribution >= 0.6 is 24.8 Å². The number of hydrogen-bond acceptors (Lipinski definition) is 2. The predicted octanol–water partition coefficient (Wildman–Crippen LogP) is 3.73. The van der Waals surface area contributed by atoms with Gasteiger partial charge in [0, 0.05) is 25.7 Å². The summed E-state index contributed by atoms with van der Waals surface area (Å²) in [6.45, 7) is 3.17. The Balaban J connectivity index is 0.00000110. The van der Waals surface area contributed by atoms with Crippen molar-refractivity contribution in [3.05, 3.63) is 60.2 Å².